The molecule has 0 bridgehead atoms. The lowest BCUT2D eigenvalue weighted by atomic mass is 10.0. The van der Waals surface area contributed by atoms with Crippen molar-refractivity contribution < 1.29 is 9.47 Å². The molecule has 3 rings (SSSR count). The molecule has 0 amide bonds. The van der Waals surface area contributed by atoms with Crippen molar-refractivity contribution in [1.82, 2.24) is 20.4 Å². The lowest BCUT2D eigenvalue weighted by molar-refractivity contribution is -0.0212. The summed E-state index contributed by atoms with van der Waals surface area (Å²) in [7, 11) is 0. The summed E-state index contributed by atoms with van der Waals surface area (Å²) in [6.07, 6.45) is 0.317. The normalized spacial score (nSPS) is 21.1. The van der Waals surface area contributed by atoms with Gasteiger partial charge < -0.3 is 20.1 Å². The fraction of sp³-hybridized carbons (Fsp3) is 0.708. The van der Waals surface area contributed by atoms with Crippen LogP contribution in [0.2, 0.25) is 0 Å². The fourth-order valence-corrected chi connectivity index (χ4v) is 4.21. The minimum atomic E-state index is 0. The van der Waals surface area contributed by atoms with Gasteiger partial charge in [0, 0.05) is 51.4 Å². The number of hydrogen-bond donors (Lipinski definition) is 2. The van der Waals surface area contributed by atoms with E-state index >= 15 is 0 Å². The zero-order chi connectivity index (χ0) is 22.1. The Morgan fingerprint density at radius 2 is 1.88 bits per heavy atom. The first kappa shape index (κ1) is 27.3. The molecule has 2 saturated heterocycles. The van der Waals surface area contributed by atoms with E-state index in [1.54, 1.807) is 0 Å². The first-order valence-electron chi connectivity index (χ1n) is 11.7. The van der Waals surface area contributed by atoms with E-state index in [4.69, 9.17) is 14.5 Å². The Hall–Kier alpha value is -0.940. The fourth-order valence-electron chi connectivity index (χ4n) is 4.21. The molecule has 7 nitrogen and oxygen atoms in total. The van der Waals surface area contributed by atoms with Crippen LogP contribution in [0.1, 0.15) is 38.8 Å². The molecule has 8 heteroatoms. The van der Waals surface area contributed by atoms with Gasteiger partial charge in [0.05, 0.1) is 32.5 Å². The number of halogens is 1. The van der Waals surface area contributed by atoms with E-state index in [2.05, 4.69) is 72.4 Å². The number of benzene rings is 1. The highest BCUT2D eigenvalue weighted by atomic mass is 127. The maximum Gasteiger partial charge on any atom is 0.191 e. The Kier molecular flexibility index (Phi) is 11.7. The van der Waals surface area contributed by atoms with Gasteiger partial charge in [-0.2, -0.15) is 0 Å². The van der Waals surface area contributed by atoms with E-state index in [0.717, 1.165) is 71.6 Å². The van der Waals surface area contributed by atoms with Gasteiger partial charge in [0.15, 0.2) is 5.96 Å². The highest BCUT2D eigenvalue weighted by Gasteiger charge is 2.28. The maximum atomic E-state index is 5.66. The molecule has 2 aliphatic rings. The molecule has 0 spiro atoms. The molecule has 0 aromatic heterocycles. The molecule has 1 aromatic rings. The van der Waals surface area contributed by atoms with E-state index in [0.29, 0.717) is 12.6 Å². The third-order valence-corrected chi connectivity index (χ3v) is 6.04. The predicted octanol–water partition coefficient (Wildman–Crippen LogP) is 2.69. The van der Waals surface area contributed by atoms with Crippen LogP contribution in [0.3, 0.4) is 0 Å². The quantitative estimate of drug-likeness (QED) is 0.290. The summed E-state index contributed by atoms with van der Waals surface area (Å²) in [5.41, 5.74) is 2.63. The Balaban J connectivity index is 0.00000363. The summed E-state index contributed by atoms with van der Waals surface area (Å²) >= 11 is 0. The second-order valence-corrected chi connectivity index (χ2v) is 9.20. The van der Waals surface area contributed by atoms with Crippen LogP contribution in [0, 0.1) is 0 Å². The van der Waals surface area contributed by atoms with Gasteiger partial charge in [-0.25, -0.2) is 4.99 Å². The Morgan fingerprint density at radius 1 is 1.12 bits per heavy atom. The molecule has 2 heterocycles. The number of aliphatic imine (C=N–C) groups is 1. The minimum Gasteiger partial charge on any atom is -0.379 e. The minimum absolute atomic E-state index is 0. The first-order chi connectivity index (χ1) is 15.0. The van der Waals surface area contributed by atoms with Gasteiger partial charge in [0.25, 0.3) is 0 Å². The molecular weight excluding hydrogens is 517 g/mol. The van der Waals surface area contributed by atoms with Crippen LogP contribution >= 0.6 is 24.0 Å². The van der Waals surface area contributed by atoms with Crippen LogP contribution in [-0.4, -0.2) is 86.5 Å². The van der Waals surface area contributed by atoms with Crippen LogP contribution in [0.5, 0.6) is 0 Å². The number of hydrogen-bond acceptors (Lipinski definition) is 5. The van der Waals surface area contributed by atoms with Crippen molar-refractivity contribution >= 4 is 29.9 Å². The summed E-state index contributed by atoms with van der Waals surface area (Å²) in [6.45, 7) is 18.6. The Morgan fingerprint density at radius 3 is 2.59 bits per heavy atom. The molecule has 32 heavy (non-hydrogen) atoms. The highest BCUT2D eigenvalue weighted by molar-refractivity contribution is 14.0. The van der Waals surface area contributed by atoms with E-state index < -0.39 is 0 Å². The van der Waals surface area contributed by atoms with Gasteiger partial charge in [-0.1, -0.05) is 24.3 Å². The Bertz CT molecular complexity index is 709. The Labute approximate surface area is 211 Å². The van der Waals surface area contributed by atoms with Crippen molar-refractivity contribution in [3.8, 4) is 0 Å². The van der Waals surface area contributed by atoms with Gasteiger partial charge in [0.1, 0.15) is 0 Å². The smallest absolute Gasteiger partial charge is 0.191 e. The van der Waals surface area contributed by atoms with Crippen molar-refractivity contribution in [3.63, 3.8) is 0 Å². The van der Waals surface area contributed by atoms with Crippen LogP contribution in [-0.2, 0) is 22.6 Å². The summed E-state index contributed by atoms with van der Waals surface area (Å²) in [4.78, 5) is 9.81. The second-order valence-electron chi connectivity index (χ2n) is 9.20. The summed E-state index contributed by atoms with van der Waals surface area (Å²) in [5, 5.41) is 6.94. The van der Waals surface area contributed by atoms with Gasteiger partial charge in [-0.15, -0.1) is 24.0 Å². The van der Waals surface area contributed by atoms with Crippen LogP contribution in [0.4, 0.5) is 0 Å². The SMILES string of the molecule is CCNC(=NCc1cccc(CN2CCOC(C)C2)c1)NCC(C)(C)N1CCOCC1.I. The maximum absolute atomic E-state index is 5.66. The molecule has 1 unspecified atom stereocenters. The molecule has 0 radical (unpaired) electrons. The van der Waals surface area contributed by atoms with E-state index in [9.17, 15) is 0 Å². The monoisotopic (exact) mass is 559 g/mol. The van der Waals surface area contributed by atoms with Crippen LogP contribution < -0.4 is 10.6 Å². The molecule has 2 fully saturated rings. The molecule has 2 N–H and O–H groups in total. The third-order valence-electron chi connectivity index (χ3n) is 6.04. The summed E-state index contributed by atoms with van der Waals surface area (Å²) in [5.74, 6) is 0.872. The van der Waals surface area contributed by atoms with E-state index in [-0.39, 0.29) is 29.5 Å². The van der Waals surface area contributed by atoms with Gasteiger partial charge in [-0.05, 0) is 38.8 Å². The molecular formula is C24H42IN5O2. The molecule has 0 aliphatic carbocycles. The molecule has 2 aliphatic heterocycles. The lowest BCUT2D eigenvalue weighted by Crippen LogP contribution is -2.56. The lowest BCUT2D eigenvalue weighted by Gasteiger charge is -2.41. The summed E-state index contributed by atoms with van der Waals surface area (Å²) in [6, 6.07) is 8.80. The average molecular weight is 560 g/mol. The third kappa shape index (κ3) is 8.78. The van der Waals surface area contributed by atoms with Crippen LogP contribution in [0.15, 0.2) is 29.3 Å². The standard InChI is InChI=1S/C24H41N5O2.HI/c1-5-25-23(27-19-24(3,4)29-10-12-30-13-11-29)26-16-21-7-6-8-22(15-21)18-28-9-14-31-20(2)17-28;/h6-8,15,20H,5,9-14,16-19H2,1-4H3,(H2,25,26,27);1H. The van der Waals surface area contributed by atoms with Gasteiger partial charge in [0.2, 0.25) is 0 Å². The zero-order valence-corrected chi connectivity index (χ0v) is 22.6. The van der Waals surface area contributed by atoms with Crippen molar-refractivity contribution in [2.75, 3.05) is 59.1 Å². The zero-order valence-electron chi connectivity index (χ0n) is 20.2. The predicted molar refractivity (Wildman–Crippen MR) is 142 cm³/mol. The number of ether oxygens (including phenoxy) is 2. The van der Waals surface area contributed by atoms with E-state index in [1.165, 1.54) is 11.1 Å². The van der Waals surface area contributed by atoms with Gasteiger partial charge >= 0.3 is 0 Å². The number of morpholine rings is 2. The van der Waals surface area contributed by atoms with Crippen molar-refractivity contribution in [2.45, 2.75) is 52.4 Å². The topological polar surface area (TPSA) is 61.4 Å². The molecule has 182 valence electrons. The van der Waals surface area contributed by atoms with Crippen molar-refractivity contribution in [2.24, 2.45) is 4.99 Å². The second kappa shape index (κ2) is 13.7. The van der Waals surface area contributed by atoms with Crippen molar-refractivity contribution in [1.29, 1.82) is 0 Å². The highest BCUT2D eigenvalue weighted by Crippen LogP contribution is 2.15. The largest absolute Gasteiger partial charge is 0.379 e. The number of nitrogens with zero attached hydrogens (tertiary/aromatic N) is 3. The first-order valence-corrected chi connectivity index (χ1v) is 11.7. The van der Waals surface area contributed by atoms with Gasteiger partial charge in [-0.3, -0.25) is 9.80 Å². The molecule has 0 saturated carbocycles. The number of rotatable bonds is 8. The number of nitrogens with one attached hydrogen (secondary N) is 2. The van der Waals surface area contributed by atoms with Crippen molar-refractivity contribution in [3.05, 3.63) is 35.4 Å². The van der Waals surface area contributed by atoms with E-state index in [1.807, 2.05) is 0 Å². The molecule has 1 atom stereocenters. The average Bonchev–Trinajstić information content (AvgIpc) is 2.77. The number of guanidine groups is 1. The molecule has 1 aromatic carbocycles. The summed E-state index contributed by atoms with van der Waals surface area (Å²) < 4.78 is 11.2. The van der Waals surface area contributed by atoms with Crippen LogP contribution in [0.25, 0.3) is 0 Å².